The molecule has 2 N–H and O–H groups in total. The van der Waals surface area contributed by atoms with Crippen LogP contribution in [0.15, 0.2) is 0 Å². The Morgan fingerprint density at radius 2 is 2.22 bits per heavy atom. The fourth-order valence-corrected chi connectivity index (χ4v) is 4.26. The summed E-state index contributed by atoms with van der Waals surface area (Å²) >= 11 is 1.78. The zero-order valence-electron chi connectivity index (χ0n) is 11.5. The van der Waals surface area contributed by atoms with E-state index < -0.39 is 0 Å². The molecule has 0 bridgehead atoms. The molecule has 2 rings (SSSR count). The van der Waals surface area contributed by atoms with E-state index in [1.165, 1.54) is 0 Å². The van der Waals surface area contributed by atoms with Crippen LogP contribution in [0.1, 0.15) is 33.1 Å². The van der Waals surface area contributed by atoms with Crippen LogP contribution >= 0.6 is 11.8 Å². The lowest BCUT2D eigenvalue weighted by atomic mass is 9.58. The van der Waals surface area contributed by atoms with Gasteiger partial charge in [-0.2, -0.15) is 0 Å². The van der Waals surface area contributed by atoms with Crippen molar-refractivity contribution in [3.05, 3.63) is 0 Å². The Kier molecular flexibility index (Phi) is 4.56. The summed E-state index contributed by atoms with van der Waals surface area (Å²) in [5, 5.41) is 6.44. The van der Waals surface area contributed by atoms with Crippen molar-refractivity contribution in [3.63, 3.8) is 0 Å². The van der Waals surface area contributed by atoms with Crippen LogP contribution in [-0.2, 0) is 9.53 Å². The van der Waals surface area contributed by atoms with Crippen LogP contribution in [0.25, 0.3) is 0 Å². The fraction of sp³-hybridized carbons (Fsp3) is 0.923. The third kappa shape index (κ3) is 2.28. The first-order valence-electron chi connectivity index (χ1n) is 6.82. The molecule has 3 atom stereocenters. The number of carbonyl (C=O) groups excluding carboxylic acids is 1. The summed E-state index contributed by atoms with van der Waals surface area (Å²) in [6.07, 6.45) is 3.35. The van der Waals surface area contributed by atoms with Crippen molar-refractivity contribution >= 4 is 17.7 Å². The van der Waals surface area contributed by atoms with Gasteiger partial charge in [0.1, 0.15) is 0 Å². The van der Waals surface area contributed by atoms with Crippen LogP contribution in [0.5, 0.6) is 0 Å². The highest BCUT2D eigenvalue weighted by atomic mass is 32.2. The Labute approximate surface area is 114 Å². The number of amides is 1. The molecule has 5 heteroatoms. The van der Waals surface area contributed by atoms with Gasteiger partial charge in [0.2, 0.25) is 5.91 Å². The van der Waals surface area contributed by atoms with Crippen LogP contribution < -0.4 is 10.6 Å². The van der Waals surface area contributed by atoms with Crippen LogP contribution in [0.4, 0.5) is 0 Å². The predicted molar refractivity (Wildman–Crippen MR) is 74.6 cm³/mol. The van der Waals surface area contributed by atoms with Crippen LogP contribution in [-0.4, -0.2) is 42.8 Å². The highest BCUT2D eigenvalue weighted by Crippen LogP contribution is 2.48. The van der Waals surface area contributed by atoms with Gasteiger partial charge in [0.15, 0.2) is 0 Å². The average molecular weight is 272 g/mol. The molecular formula is C13H24N2O2S. The van der Waals surface area contributed by atoms with Gasteiger partial charge in [-0.15, -0.1) is 11.8 Å². The molecule has 0 unspecified atom stereocenters. The first-order chi connectivity index (χ1) is 8.67. The maximum atomic E-state index is 12.1. The number of carbonyl (C=O) groups is 1. The van der Waals surface area contributed by atoms with Gasteiger partial charge >= 0.3 is 0 Å². The lowest BCUT2D eigenvalue weighted by Gasteiger charge is -2.55. The lowest BCUT2D eigenvalue weighted by Crippen LogP contribution is -2.65. The van der Waals surface area contributed by atoms with E-state index in [1.54, 1.807) is 18.9 Å². The molecule has 0 spiro atoms. The number of ether oxygens (including phenoxy) is 1. The van der Waals surface area contributed by atoms with E-state index in [2.05, 4.69) is 24.5 Å². The topological polar surface area (TPSA) is 50.4 Å². The molecule has 104 valence electrons. The maximum Gasteiger partial charge on any atom is 0.238 e. The Hall–Kier alpha value is -0.260. The van der Waals surface area contributed by atoms with E-state index in [-0.39, 0.29) is 23.4 Å². The lowest BCUT2D eigenvalue weighted by molar-refractivity contribution is -0.142. The summed E-state index contributed by atoms with van der Waals surface area (Å²) in [5.74, 6) is 1.93. The molecule has 0 aromatic heterocycles. The summed E-state index contributed by atoms with van der Waals surface area (Å²) in [4.78, 5) is 12.1. The van der Waals surface area contributed by atoms with E-state index in [0.717, 1.165) is 30.9 Å². The minimum Gasteiger partial charge on any atom is -0.381 e. The van der Waals surface area contributed by atoms with Gasteiger partial charge in [0.25, 0.3) is 0 Å². The summed E-state index contributed by atoms with van der Waals surface area (Å²) in [7, 11) is 1.78. The minimum absolute atomic E-state index is 0.0111. The zero-order chi connectivity index (χ0) is 13.2. The van der Waals surface area contributed by atoms with Crippen LogP contribution in [0, 0.1) is 5.41 Å². The Bertz CT molecular complexity index is 301. The number of nitrogens with one attached hydrogen (secondary N) is 2. The van der Waals surface area contributed by atoms with Crippen molar-refractivity contribution in [2.75, 3.05) is 18.7 Å². The zero-order valence-corrected chi connectivity index (χ0v) is 12.3. The van der Waals surface area contributed by atoms with E-state index in [4.69, 9.17) is 4.74 Å². The largest absolute Gasteiger partial charge is 0.381 e. The predicted octanol–water partition coefficient (Wildman–Crippen LogP) is 1.36. The second kappa shape index (κ2) is 5.80. The van der Waals surface area contributed by atoms with Crippen molar-refractivity contribution in [2.24, 2.45) is 5.41 Å². The number of thioether (sulfide) groups is 1. The van der Waals surface area contributed by atoms with Gasteiger partial charge in [-0.25, -0.2) is 0 Å². The molecule has 0 aromatic carbocycles. The second-order valence-electron chi connectivity index (χ2n) is 5.23. The summed E-state index contributed by atoms with van der Waals surface area (Å²) in [6.45, 7) is 4.38. The summed E-state index contributed by atoms with van der Waals surface area (Å²) in [6, 6.07) is 0.264. The molecule has 1 saturated heterocycles. The third-order valence-corrected chi connectivity index (χ3v) is 5.68. The molecule has 1 aliphatic carbocycles. The molecule has 1 heterocycles. The molecule has 18 heavy (non-hydrogen) atoms. The van der Waals surface area contributed by atoms with E-state index >= 15 is 0 Å². The van der Waals surface area contributed by atoms with Crippen molar-refractivity contribution in [2.45, 2.75) is 51.3 Å². The Balaban J connectivity index is 1.95. The summed E-state index contributed by atoms with van der Waals surface area (Å²) < 4.78 is 5.55. The minimum atomic E-state index is -0.0111. The average Bonchev–Trinajstić information content (AvgIpc) is 2.89. The molecule has 2 aliphatic rings. The van der Waals surface area contributed by atoms with Gasteiger partial charge in [-0.1, -0.05) is 13.8 Å². The monoisotopic (exact) mass is 272 g/mol. The smallest absolute Gasteiger partial charge is 0.238 e. The first-order valence-corrected chi connectivity index (χ1v) is 7.97. The van der Waals surface area contributed by atoms with Gasteiger partial charge in [-0.3, -0.25) is 10.1 Å². The first kappa shape index (κ1) is 14.2. The van der Waals surface area contributed by atoms with Gasteiger partial charge in [-0.05, 0) is 19.3 Å². The standard InChI is InChI=1S/C13H24N2O2S/c1-4-13(5-2)10(6-11(13)17-3)15-12(16)9-7-18-8-14-9/h9-11,14H,4-8H2,1-3H3,(H,15,16)/t9-,10-,11+/m1/s1. The van der Waals surface area contributed by atoms with Gasteiger partial charge in [0.05, 0.1) is 12.1 Å². The van der Waals surface area contributed by atoms with Crippen molar-refractivity contribution in [3.8, 4) is 0 Å². The molecule has 1 amide bonds. The van der Waals surface area contributed by atoms with E-state index in [9.17, 15) is 4.79 Å². The number of hydrogen-bond acceptors (Lipinski definition) is 4. The number of methoxy groups -OCH3 is 1. The van der Waals surface area contributed by atoms with Crippen LogP contribution in [0.2, 0.25) is 0 Å². The van der Waals surface area contributed by atoms with Crippen LogP contribution in [0.3, 0.4) is 0 Å². The highest BCUT2D eigenvalue weighted by molar-refractivity contribution is 7.99. The highest BCUT2D eigenvalue weighted by Gasteiger charge is 2.53. The quantitative estimate of drug-likeness (QED) is 0.793. The van der Waals surface area contributed by atoms with E-state index in [1.807, 2.05) is 0 Å². The van der Waals surface area contributed by atoms with E-state index in [0.29, 0.717) is 6.10 Å². The Morgan fingerprint density at radius 1 is 1.50 bits per heavy atom. The Morgan fingerprint density at radius 3 is 2.72 bits per heavy atom. The SMILES string of the molecule is CCC1(CC)[C@@H](OC)C[C@H]1NC(=O)[C@H]1CSCN1. The normalized spacial score (nSPS) is 34.1. The molecule has 1 aliphatic heterocycles. The van der Waals surface area contributed by atoms with Crippen molar-refractivity contribution < 1.29 is 9.53 Å². The third-order valence-electron chi connectivity index (χ3n) is 4.74. The maximum absolute atomic E-state index is 12.1. The molecule has 0 aromatic rings. The van der Waals surface area contributed by atoms with Gasteiger partial charge < -0.3 is 10.1 Å². The summed E-state index contributed by atoms with van der Waals surface area (Å²) in [5.41, 5.74) is 0.135. The molecular weight excluding hydrogens is 248 g/mol. The molecule has 4 nitrogen and oxygen atoms in total. The van der Waals surface area contributed by atoms with Gasteiger partial charge in [0, 0.05) is 30.2 Å². The number of rotatable bonds is 5. The molecule has 0 radical (unpaired) electrons. The molecule has 1 saturated carbocycles. The number of hydrogen-bond donors (Lipinski definition) is 2. The van der Waals surface area contributed by atoms with Crippen molar-refractivity contribution in [1.29, 1.82) is 0 Å². The van der Waals surface area contributed by atoms with Crippen molar-refractivity contribution in [1.82, 2.24) is 10.6 Å². The fourth-order valence-electron chi connectivity index (χ4n) is 3.32. The second-order valence-corrected chi connectivity index (χ2v) is 6.26. The molecule has 2 fully saturated rings.